The van der Waals surface area contributed by atoms with Gasteiger partial charge in [-0.1, -0.05) is 18.2 Å². The van der Waals surface area contributed by atoms with Crippen molar-refractivity contribution >= 4 is 43.9 Å². The number of aryl methyl sites for hydroxylation is 1. The molecule has 178 valence electrons. The summed E-state index contributed by atoms with van der Waals surface area (Å²) in [6.45, 7) is 1.76. The first-order valence-electron chi connectivity index (χ1n) is 10.9. The van der Waals surface area contributed by atoms with Crippen LogP contribution in [0.3, 0.4) is 0 Å². The molecule has 0 spiro atoms. The number of para-hydroxylation sites is 1. The van der Waals surface area contributed by atoms with Crippen LogP contribution in [-0.2, 0) is 27.7 Å². The molecule has 0 unspecified atom stereocenters. The number of primary amides is 1. The number of amides is 2. The summed E-state index contributed by atoms with van der Waals surface area (Å²) in [5, 5.41) is 3.17. The van der Waals surface area contributed by atoms with Gasteiger partial charge >= 0.3 is 0 Å². The van der Waals surface area contributed by atoms with Crippen LogP contribution < -0.4 is 20.1 Å². The van der Waals surface area contributed by atoms with Crippen LogP contribution in [0.15, 0.2) is 59.5 Å². The fraction of sp³-hybridized carbons (Fsp3) is 0.250. The summed E-state index contributed by atoms with van der Waals surface area (Å²) in [4.78, 5) is 25.5. The first-order valence-corrected chi connectivity index (χ1v) is 13.1. The molecule has 2 amide bonds. The number of rotatable bonds is 9. The van der Waals surface area contributed by atoms with Gasteiger partial charge in [-0.15, -0.1) is 11.3 Å². The maximum absolute atomic E-state index is 13.1. The highest BCUT2D eigenvalue weighted by molar-refractivity contribution is 7.92. The lowest BCUT2D eigenvalue weighted by molar-refractivity contribution is -0.118. The average Bonchev–Trinajstić information content (AvgIpc) is 3.39. The zero-order chi connectivity index (χ0) is 24.3. The molecule has 3 N–H and O–H groups in total. The second kappa shape index (κ2) is 9.86. The van der Waals surface area contributed by atoms with Crippen molar-refractivity contribution in [2.24, 2.45) is 5.73 Å². The Labute approximate surface area is 202 Å². The van der Waals surface area contributed by atoms with Crippen molar-refractivity contribution in [3.05, 3.63) is 70.6 Å². The Morgan fingerprint density at radius 2 is 1.79 bits per heavy atom. The van der Waals surface area contributed by atoms with Gasteiger partial charge in [-0.25, -0.2) is 8.42 Å². The number of ether oxygens (including phenoxy) is 1. The Balaban J connectivity index is 1.41. The van der Waals surface area contributed by atoms with Crippen LogP contribution in [0, 0.1) is 0 Å². The zero-order valence-electron chi connectivity index (χ0n) is 18.6. The minimum Gasteiger partial charge on any atom is -0.484 e. The summed E-state index contributed by atoms with van der Waals surface area (Å²) in [6, 6.07) is 14.8. The van der Waals surface area contributed by atoms with Crippen molar-refractivity contribution in [1.29, 1.82) is 0 Å². The first kappa shape index (κ1) is 23.8. The zero-order valence-corrected chi connectivity index (χ0v) is 20.2. The number of hydrogen-bond donors (Lipinski definition) is 2. The summed E-state index contributed by atoms with van der Waals surface area (Å²) in [6.07, 6.45) is 2.64. The van der Waals surface area contributed by atoms with E-state index in [1.807, 2.05) is 6.07 Å². The van der Waals surface area contributed by atoms with Crippen molar-refractivity contribution in [1.82, 2.24) is 0 Å². The van der Waals surface area contributed by atoms with Crippen LogP contribution in [0.2, 0.25) is 0 Å². The van der Waals surface area contributed by atoms with E-state index in [0.29, 0.717) is 22.0 Å². The Bertz CT molecular complexity index is 1300. The standard InChI is InChI=1S/C24H25N3O5S2/c1-2-27(16-7-4-3-5-8-16)34(30,31)18-13-11-17(12-14-18)32-15-21(28)26-24-22(23(25)29)19-9-6-10-20(19)33-24/h3-5,7-8,11-14H,2,6,9-10,15H2,1H3,(H2,25,29)(H,26,28). The van der Waals surface area contributed by atoms with Gasteiger partial charge in [0.05, 0.1) is 16.1 Å². The molecule has 0 bridgehead atoms. The number of fused-ring (bicyclic) bond motifs is 1. The molecule has 0 atom stereocenters. The minimum atomic E-state index is -3.75. The SMILES string of the molecule is CCN(c1ccccc1)S(=O)(=O)c1ccc(OCC(=O)Nc2sc3c(c2C(N)=O)CCC3)cc1. The summed E-state index contributed by atoms with van der Waals surface area (Å²) in [5.74, 6) is -0.634. The molecule has 0 aliphatic heterocycles. The van der Waals surface area contributed by atoms with Crippen LogP contribution in [-0.4, -0.2) is 33.4 Å². The summed E-state index contributed by atoms with van der Waals surface area (Å²) >= 11 is 1.37. The van der Waals surface area contributed by atoms with E-state index >= 15 is 0 Å². The van der Waals surface area contributed by atoms with Crippen LogP contribution in [0.25, 0.3) is 0 Å². The molecule has 0 radical (unpaired) electrons. The van der Waals surface area contributed by atoms with E-state index in [4.69, 9.17) is 10.5 Å². The van der Waals surface area contributed by atoms with Crippen LogP contribution in [0.1, 0.15) is 34.1 Å². The van der Waals surface area contributed by atoms with Gasteiger partial charge in [0.25, 0.3) is 21.8 Å². The number of nitrogens with two attached hydrogens (primary N) is 1. The minimum absolute atomic E-state index is 0.120. The van der Waals surface area contributed by atoms with E-state index in [1.54, 1.807) is 31.2 Å². The Morgan fingerprint density at radius 3 is 2.44 bits per heavy atom. The highest BCUT2D eigenvalue weighted by Crippen LogP contribution is 2.38. The lowest BCUT2D eigenvalue weighted by Gasteiger charge is -2.23. The molecule has 0 saturated carbocycles. The molecular weight excluding hydrogens is 474 g/mol. The molecule has 1 heterocycles. The fourth-order valence-corrected chi connectivity index (χ4v) is 6.77. The van der Waals surface area contributed by atoms with Crippen molar-refractivity contribution in [3.63, 3.8) is 0 Å². The van der Waals surface area contributed by atoms with Crippen LogP contribution in [0.5, 0.6) is 5.75 Å². The topological polar surface area (TPSA) is 119 Å². The predicted octanol–water partition coefficient (Wildman–Crippen LogP) is 3.57. The third-order valence-corrected chi connectivity index (χ3v) is 8.66. The quantitative estimate of drug-likeness (QED) is 0.467. The van der Waals surface area contributed by atoms with Gasteiger partial charge in [0.2, 0.25) is 0 Å². The number of nitrogens with zero attached hydrogens (tertiary/aromatic N) is 1. The summed E-state index contributed by atoms with van der Waals surface area (Å²) < 4.78 is 33.0. The van der Waals surface area contributed by atoms with Crippen LogP contribution in [0.4, 0.5) is 10.7 Å². The lowest BCUT2D eigenvalue weighted by Crippen LogP contribution is -2.30. The predicted molar refractivity (Wildman–Crippen MR) is 132 cm³/mol. The Kier molecular flexibility index (Phi) is 6.90. The van der Waals surface area contributed by atoms with Gasteiger partial charge in [0, 0.05) is 11.4 Å². The van der Waals surface area contributed by atoms with E-state index in [1.165, 1.54) is 39.9 Å². The molecule has 0 saturated heterocycles. The van der Waals surface area contributed by atoms with E-state index in [-0.39, 0.29) is 18.0 Å². The van der Waals surface area contributed by atoms with E-state index < -0.39 is 21.8 Å². The van der Waals surface area contributed by atoms with Gasteiger partial charge in [0.15, 0.2) is 6.61 Å². The molecule has 2 aromatic carbocycles. The van der Waals surface area contributed by atoms with Gasteiger partial charge in [-0.05, 0) is 68.1 Å². The molecular formula is C24H25N3O5S2. The summed E-state index contributed by atoms with van der Waals surface area (Å²) in [7, 11) is -3.75. The van der Waals surface area contributed by atoms with Crippen LogP contribution >= 0.6 is 11.3 Å². The first-order chi connectivity index (χ1) is 16.3. The number of thiophene rings is 1. The molecule has 1 aliphatic carbocycles. The molecule has 3 aromatic rings. The largest absolute Gasteiger partial charge is 0.484 e. The van der Waals surface area contributed by atoms with Crippen molar-refractivity contribution in [2.45, 2.75) is 31.1 Å². The second-order valence-corrected chi connectivity index (χ2v) is 10.7. The third-order valence-electron chi connectivity index (χ3n) is 5.53. The van der Waals surface area contributed by atoms with Crippen molar-refractivity contribution < 1.29 is 22.7 Å². The number of carbonyl (C=O) groups excluding carboxylic acids is 2. The molecule has 10 heteroatoms. The van der Waals surface area contributed by atoms with Gasteiger partial charge in [-0.3, -0.25) is 13.9 Å². The molecule has 1 aliphatic rings. The highest BCUT2D eigenvalue weighted by atomic mass is 32.2. The summed E-state index contributed by atoms with van der Waals surface area (Å²) in [5.41, 5.74) is 7.42. The number of sulfonamides is 1. The third kappa shape index (κ3) is 4.78. The van der Waals surface area contributed by atoms with Gasteiger partial charge in [0.1, 0.15) is 10.8 Å². The highest BCUT2D eigenvalue weighted by Gasteiger charge is 2.26. The fourth-order valence-electron chi connectivity index (χ4n) is 3.99. The number of anilines is 2. The van der Waals surface area contributed by atoms with E-state index in [2.05, 4.69) is 5.32 Å². The second-order valence-electron chi connectivity index (χ2n) is 7.74. The Morgan fingerprint density at radius 1 is 1.09 bits per heavy atom. The van der Waals surface area contributed by atoms with Gasteiger partial charge in [-0.2, -0.15) is 0 Å². The van der Waals surface area contributed by atoms with E-state index in [9.17, 15) is 18.0 Å². The number of benzene rings is 2. The monoisotopic (exact) mass is 499 g/mol. The normalized spacial score (nSPS) is 12.7. The molecule has 1 aromatic heterocycles. The maximum atomic E-state index is 13.1. The number of nitrogens with one attached hydrogen (secondary N) is 1. The molecule has 8 nitrogen and oxygen atoms in total. The molecule has 4 rings (SSSR count). The molecule has 0 fully saturated rings. The van der Waals surface area contributed by atoms with E-state index in [0.717, 1.165) is 29.7 Å². The lowest BCUT2D eigenvalue weighted by atomic mass is 10.1. The Hall–Kier alpha value is -3.37. The van der Waals surface area contributed by atoms with Gasteiger partial charge < -0.3 is 15.8 Å². The number of hydrogen-bond acceptors (Lipinski definition) is 6. The van der Waals surface area contributed by atoms with Crippen molar-refractivity contribution in [3.8, 4) is 5.75 Å². The molecule has 34 heavy (non-hydrogen) atoms. The van der Waals surface area contributed by atoms with Crippen molar-refractivity contribution in [2.75, 3.05) is 22.8 Å². The average molecular weight is 500 g/mol. The smallest absolute Gasteiger partial charge is 0.264 e. The maximum Gasteiger partial charge on any atom is 0.264 e. The number of carbonyl (C=O) groups is 2.